The maximum absolute atomic E-state index is 13.4. The number of amidine groups is 1. The molecule has 110 valence electrons. The van der Waals surface area contributed by atoms with Gasteiger partial charge in [0.05, 0.1) is 0 Å². The van der Waals surface area contributed by atoms with Crippen LogP contribution in [0.25, 0.3) is 0 Å². The highest BCUT2D eigenvalue weighted by Crippen LogP contribution is 2.26. The van der Waals surface area contributed by atoms with Gasteiger partial charge in [-0.15, -0.1) is 11.6 Å². The highest BCUT2D eigenvalue weighted by molar-refractivity contribution is 6.30. The fourth-order valence-electron chi connectivity index (χ4n) is 1.92. The van der Waals surface area contributed by atoms with Crippen molar-refractivity contribution in [3.63, 3.8) is 0 Å². The van der Waals surface area contributed by atoms with Crippen LogP contribution in [0, 0.1) is 11.2 Å². The third-order valence-electron chi connectivity index (χ3n) is 2.77. The molecule has 1 unspecified atom stereocenters. The summed E-state index contributed by atoms with van der Waals surface area (Å²) >= 11 is 11.5. The van der Waals surface area contributed by atoms with Crippen LogP contribution in [0.2, 0.25) is 5.02 Å². The molecule has 0 radical (unpaired) electrons. The number of alkyl halides is 1. The molecule has 0 fully saturated rings. The molecular formula is C13H17Cl2FN4. The lowest BCUT2D eigenvalue weighted by molar-refractivity contribution is 0.620. The lowest BCUT2D eigenvalue weighted by Gasteiger charge is -2.17. The van der Waals surface area contributed by atoms with Gasteiger partial charge in [-0.05, 0) is 36.6 Å². The standard InChI is InChI=1S/C13H17Cl2FN4/c14-4-2-1-3-11(12(17)20-13(18)19)8-5-9(15)7-10(16)6-8/h5-7,11H,1-4H2,(H5,17,18,19,20). The van der Waals surface area contributed by atoms with Crippen LogP contribution in [0.15, 0.2) is 23.2 Å². The summed E-state index contributed by atoms with van der Waals surface area (Å²) < 4.78 is 13.4. The Bertz CT molecular complexity index is 485. The molecular weight excluding hydrogens is 302 g/mol. The largest absolute Gasteiger partial charge is 0.387 e. The molecule has 0 amide bonds. The molecule has 0 aliphatic rings. The lowest BCUT2D eigenvalue weighted by atomic mass is 9.92. The first kappa shape index (κ1) is 16.7. The Labute approximate surface area is 127 Å². The van der Waals surface area contributed by atoms with Crippen LogP contribution >= 0.6 is 23.2 Å². The summed E-state index contributed by atoms with van der Waals surface area (Å²) in [6.07, 6.45) is 2.25. The molecule has 4 nitrogen and oxygen atoms in total. The Kier molecular flexibility index (Phi) is 6.75. The van der Waals surface area contributed by atoms with Gasteiger partial charge in [0.2, 0.25) is 5.96 Å². The average molecular weight is 319 g/mol. The van der Waals surface area contributed by atoms with E-state index in [1.54, 1.807) is 6.07 Å². The Morgan fingerprint density at radius 3 is 2.55 bits per heavy atom. The topological polar surface area (TPSA) is 88.2 Å². The van der Waals surface area contributed by atoms with E-state index in [1.165, 1.54) is 12.1 Å². The molecule has 0 aliphatic heterocycles. The number of nitrogens with one attached hydrogen (secondary N) is 1. The van der Waals surface area contributed by atoms with E-state index in [2.05, 4.69) is 4.99 Å². The maximum Gasteiger partial charge on any atom is 0.214 e. The summed E-state index contributed by atoms with van der Waals surface area (Å²) in [6, 6.07) is 4.22. The average Bonchev–Trinajstić information content (AvgIpc) is 2.32. The fourth-order valence-corrected chi connectivity index (χ4v) is 2.34. The molecule has 1 aromatic carbocycles. The number of nitrogens with two attached hydrogens (primary N) is 2. The van der Waals surface area contributed by atoms with Gasteiger partial charge >= 0.3 is 0 Å². The number of aliphatic imine (C=N–C) groups is 1. The Morgan fingerprint density at radius 1 is 1.30 bits per heavy atom. The highest BCUT2D eigenvalue weighted by atomic mass is 35.5. The number of halogens is 3. The molecule has 0 bridgehead atoms. The van der Waals surface area contributed by atoms with E-state index in [0.29, 0.717) is 17.9 Å². The van der Waals surface area contributed by atoms with Crippen LogP contribution in [0.4, 0.5) is 4.39 Å². The van der Waals surface area contributed by atoms with E-state index in [4.69, 9.17) is 40.1 Å². The minimum Gasteiger partial charge on any atom is -0.387 e. The Hall–Kier alpha value is -1.33. The van der Waals surface area contributed by atoms with Crippen LogP contribution in [-0.2, 0) is 0 Å². The summed E-state index contributed by atoms with van der Waals surface area (Å²) in [5.41, 5.74) is 11.7. The van der Waals surface area contributed by atoms with E-state index < -0.39 is 5.82 Å². The normalized spacial score (nSPS) is 13.2. The van der Waals surface area contributed by atoms with E-state index in [1.807, 2.05) is 0 Å². The van der Waals surface area contributed by atoms with Crippen molar-refractivity contribution in [2.45, 2.75) is 25.2 Å². The molecule has 0 heterocycles. The smallest absolute Gasteiger partial charge is 0.214 e. The second-order valence-electron chi connectivity index (χ2n) is 4.36. The van der Waals surface area contributed by atoms with Gasteiger partial charge in [0.1, 0.15) is 11.7 Å². The summed E-state index contributed by atoms with van der Waals surface area (Å²) in [5.74, 6) is -0.442. The van der Waals surface area contributed by atoms with Crippen molar-refractivity contribution in [1.82, 2.24) is 0 Å². The number of hydrogen-bond acceptors (Lipinski definition) is 1. The molecule has 0 spiro atoms. The fraction of sp³-hybridized carbons (Fsp3) is 0.385. The van der Waals surface area contributed by atoms with Gasteiger partial charge < -0.3 is 11.5 Å². The summed E-state index contributed by atoms with van der Waals surface area (Å²) in [7, 11) is 0. The van der Waals surface area contributed by atoms with Crippen LogP contribution in [-0.4, -0.2) is 17.7 Å². The van der Waals surface area contributed by atoms with Gasteiger partial charge in [-0.3, -0.25) is 5.41 Å². The molecule has 1 rings (SSSR count). The second kappa shape index (κ2) is 8.07. The van der Waals surface area contributed by atoms with Crippen LogP contribution < -0.4 is 11.5 Å². The summed E-state index contributed by atoms with van der Waals surface area (Å²) in [6.45, 7) is 0. The zero-order valence-corrected chi connectivity index (χ0v) is 12.4. The SMILES string of the molecule is N=C(N)N=C(N)C(CCCCCl)c1cc(F)cc(Cl)c1. The number of hydrogen-bond donors (Lipinski definition) is 3. The molecule has 1 atom stereocenters. The van der Waals surface area contributed by atoms with Gasteiger partial charge in [-0.25, -0.2) is 9.38 Å². The quantitative estimate of drug-likeness (QED) is 0.325. The lowest BCUT2D eigenvalue weighted by Crippen LogP contribution is -2.25. The van der Waals surface area contributed by atoms with Crippen molar-refractivity contribution >= 4 is 35.0 Å². The number of benzene rings is 1. The van der Waals surface area contributed by atoms with Gasteiger partial charge in [0.25, 0.3) is 0 Å². The van der Waals surface area contributed by atoms with Crippen LogP contribution in [0.1, 0.15) is 30.7 Å². The molecule has 5 N–H and O–H groups in total. The van der Waals surface area contributed by atoms with Crippen molar-refractivity contribution in [2.75, 3.05) is 5.88 Å². The Morgan fingerprint density at radius 2 is 2.00 bits per heavy atom. The monoisotopic (exact) mass is 318 g/mol. The first-order chi connectivity index (χ1) is 9.43. The third-order valence-corrected chi connectivity index (χ3v) is 3.26. The van der Waals surface area contributed by atoms with Gasteiger partial charge in [0, 0.05) is 16.8 Å². The minimum absolute atomic E-state index is 0.175. The predicted molar refractivity (Wildman–Crippen MR) is 82.3 cm³/mol. The van der Waals surface area contributed by atoms with Crippen LogP contribution in [0.3, 0.4) is 0 Å². The van der Waals surface area contributed by atoms with Crippen LogP contribution in [0.5, 0.6) is 0 Å². The first-order valence-electron chi connectivity index (χ1n) is 6.14. The maximum atomic E-state index is 13.4. The van der Waals surface area contributed by atoms with Crippen molar-refractivity contribution < 1.29 is 4.39 Å². The summed E-state index contributed by atoms with van der Waals surface area (Å²) in [4.78, 5) is 3.75. The van der Waals surface area contributed by atoms with Crippen molar-refractivity contribution in [3.8, 4) is 0 Å². The zero-order valence-electron chi connectivity index (χ0n) is 10.9. The molecule has 0 saturated carbocycles. The number of unbranched alkanes of at least 4 members (excludes halogenated alkanes) is 1. The Balaban J connectivity index is 3.05. The molecule has 20 heavy (non-hydrogen) atoms. The highest BCUT2D eigenvalue weighted by Gasteiger charge is 2.17. The molecule has 7 heteroatoms. The number of rotatable bonds is 6. The molecule has 0 saturated heterocycles. The molecule has 0 aliphatic carbocycles. The van der Waals surface area contributed by atoms with Gasteiger partial charge in [-0.2, -0.15) is 0 Å². The van der Waals surface area contributed by atoms with Gasteiger partial charge in [0.15, 0.2) is 0 Å². The second-order valence-corrected chi connectivity index (χ2v) is 5.18. The van der Waals surface area contributed by atoms with Crippen molar-refractivity contribution in [3.05, 3.63) is 34.6 Å². The van der Waals surface area contributed by atoms with Crippen molar-refractivity contribution in [2.24, 2.45) is 16.5 Å². The van der Waals surface area contributed by atoms with Crippen molar-refractivity contribution in [1.29, 1.82) is 5.41 Å². The minimum atomic E-state index is -0.439. The number of nitrogens with zero attached hydrogens (tertiary/aromatic N) is 1. The summed E-state index contributed by atoms with van der Waals surface area (Å²) in [5, 5.41) is 7.46. The number of guanidine groups is 1. The zero-order chi connectivity index (χ0) is 15.1. The van der Waals surface area contributed by atoms with Gasteiger partial charge in [-0.1, -0.05) is 18.0 Å². The van der Waals surface area contributed by atoms with E-state index in [0.717, 1.165) is 12.8 Å². The van der Waals surface area contributed by atoms with E-state index >= 15 is 0 Å². The first-order valence-corrected chi connectivity index (χ1v) is 7.05. The van der Waals surface area contributed by atoms with E-state index in [-0.39, 0.29) is 22.7 Å². The molecule has 1 aromatic rings. The molecule has 0 aromatic heterocycles. The predicted octanol–water partition coefficient (Wildman–Crippen LogP) is 3.22. The van der Waals surface area contributed by atoms with E-state index in [9.17, 15) is 4.39 Å². The third kappa shape index (κ3) is 5.35.